The first kappa shape index (κ1) is 23.5. The first-order valence-corrected chi connectivity index (χ1v) is 9.05. The molecule has 0 bridgehead atoms. The quantitative estimate of drug-likeness (QED) is 0.509. The largest absolute Gasteiger partial charge is 0.481 e. The van der Waals surface area contributed by atoms with Crippen molar-refractivity contribution in [3.8, 4) is 22.8 Å². The summed E-state index contributed by atoms with van der Waals surface area (Å²) in [7, 11) is 0. The number of nitrogens with zero attached hydrogens (tertiary/aromatic N) is 1. The van der Waals surface area contributed by atoms with E-state index in [1.807, 2.05) is 0 Å². The van der Waals surface area contributed by atoms with Crippen LogP contribution in [-0.2, 0) is 11.2 Å². The molecule has 3 rings (SSSR count). The number of aromatic nitrogens is 1. The van der Waals surface area contributed by atoms with Gasteiger partial charge < -0.3 is 15.6 Å². The van der Waals surface area contributed by atoms with Gasteiger partial charge in [0.05, 0.1) is 11.4 Å². The maximum atomic E-state index is 14.1. The van der Waals surface area contributed by atoms with Crippen LogP contribution < -0.4 is 10.5 Å². The Bertz CT molecular complexity index is 1050. The second kappa shape index (κ2) is 10.3. The van der Waals surface area contributed by atoms with Gasteiger partial charge in [-0.25, -0.2) is 13.8 Å². The molecule has 30 heavy (non-hydrogen) atoms. The predicted molar refractivity (Wildman–Crippen MR) is 112 cm³/mol. The molecular formula is C21H18Cl2F2N2O3. The number of nitrogens with two attached hydrogens (primary N) is 1. The van der Waals surface area contributed by atoms with E-state index >= 15 is 0 Å². The summed E-state index contributed by atoms with van der Waals surface area (Å²) in [5, 5.41) is 9.09. The molecule has 1 heterocycles. The minimum Gasteiger partial charge on any atom is -0.481 e. The monoisotopic (exact) mass is 454 g/mol. The molecule has 158 valence electrons. The van der Waals surface area contributed by atoms with Crippen molar-refractivity contribution in [3.63, 3.8) is 0 Å². The Hall–Kier alpha value is -2.74. The maximum Gasteiger partial charge on any atom is 0.304 e. The summed E-state index contributed by atoms with van der Waals surface area (Å²) >= 11 is 5.71. The van der Waals surface area contributed by atoms with Crippen molar-refractivity contribution >= 4 is 30.0 Å². The number of hydrogen-bond donors (Lipinski definition) is 2. The van der Waals surface area contributed by atoms with Crippen molar-refractivity contribution < 1.29 is 23.4 Å². The first-order valence-electron chi connectivity index (χ1n) is 8.67. The van der Waals surface area contributed by atoms with Crippen LogP contribution in [0.5, 0.6) is 11.6 Å². The molecule has 5 nitrogen and oxygen atoms in total. The average Bonchev–Trinajstić information content (AvgIpc) is 2.64. The number of hydrogen-bond acceptors (Lipinski definition) is 4. The van der Waals surface area contributed by atoms with Crippen LogP contribution in [0.1, 0.15) is 12.0 Å². The number of pyridine rings is 1. The molecule has 1 aromatic heterocycles. The molecule has 0 aliphatic rings. The molecule has 0 saturated heterocycles. The first-order chi connectivity index (χ1) is 13.8. The fraction of sp³-hybridized carbons (Fsp3) is 0.143. The Labute approximate surface area is 182 Å². The zero-order valence-electron chi connectivity index (χ0n) is 15.5. The highest BCUT2D eigenvalue weighted by Crippen LogP contribution is 2.32. The second-order valence-electron chi connectivity index (χ2n) is 6.44. The zero-order valence-corrected chi connectivity index (χ0v) is 17.1. The van der Waals surface area contributed by atoms with Crippen LogP contribution in [-0.4, -0.2) is 22.1 Å². The van der Waals surface area contributed by atoms with Gasteiger partial charge in [0.15, 0.2) is 5.82 Å². The summed E-state index contributed by atoms with van der Waals surface area (Å²) in [6.07, 6.45) is 1.15. The Kier molecular flexibility index (Phi) is 8.11. The van der Waals surface area contributed by atoms with Crippen LogP contribution in [0.4, 0.5) is 8.78 Å². The molecule has 0 fully saturated rings. The average molecular weight is 455 g/mol. The highest BCUT2D eigenvalue weighted by Gasteiger charge is 2.16. The van der Waals surface area contributed by atoms with Crippen LogP contribution in [0.15, 0.2) is 54.7 Å². The third-order valence-electron chi connectivity index (χ3n) is 4.12. The highest BCUT2D eigenvalue weighted by atomic mass is 35.5. The van der Waals surface area contributed by atoms with Crippen molar-refractivity contribution in [2.24, 2.45) is 5.73 Å². The lowest BCUT2D eigenvalue weighted by atomic mass is 9.97. The van der Waals surface area contributed by atoms with E-state index < -0.39 is 17.8 Å². The lowest BCUT2D eigenvalue weighted by Gasteiger charge is -2.16. The molecule has 3 N–H and O–H groups in total. The van der Waals surface area contributed by atoms with Gasteiger partial charge in [0, 0.05) is 12.2 Å². The smallest absolute Gasteiger partial charge is 0.304 e. The maximum absolute atomic E-state index is 14.1. The van der Waals surface area contributed by atoms with Gasteiger partial charge in [0.2, 0.25) is 0 Å². The van der Waals surface area contributed by atoms with Crippen LogP contribution >= 0.6 is 24.0 Å². The van der Waals surface area contributed by atoms with Gasteiger partial charge in [-0.3, -0.25) is 4.79 Å². The topological polar surface area (TPSA) is 85.4 Å². The predicted octanol–water partition coefficient (Wildman–Crippen LogP) is 5.24. The normalized spacial score (nSPS) is 11.5. The van der Waals surface area contributed by atoms with Crippen LogP contribution in [0.25, 0.3) is 11.1 Å². The number of aliphatic carboxylic acids is 1. The van der Waals surface area contributed by atoms with Gasteiger partial charge in [-0.2, -0.15) is 0 Å². The lowest BCUT2D eigenvalue weighted by molar-refractivity contribution is -0.137. The van der Waals surface area contributed by atoms with Gasteiger partial charge >= 0.3 is 5.97 Å². The van der Waals surface area contributed by atoms with Gasteiger partial charge in [-0.1, -0.05) is 29.8 Å². The molecule has 3 aromatic rings. The fourth-order valence-electron chi connectivity index (χ4n) is 2.85. The molecule has 9 heteroatoms. The number of benzene rings is 2. The van der Waals surface area contributed by atoms with Gasteiger partial charge in [-0.05, 0) is 53.4 Å². The molecule has 0 aliphatic carbocycles. The second-order valence-corrected chi connectivity index (χ2v) is 6.87. The number of carbonyl (C=O) groups is 1. The Morgan fingerprint density at radius 2 is 1.90 bits per heavy atom. The van der Waals surface area contributed by atoms with Crippen molar-refractivity contribution in [1.82, 2.24) is 4.98 Å². The van der Waals surface area contributed by atoms with E-state index in [0.717, 1.165) is 6.07 Å². The van der Waals surface area contributed by atoms with E-state index in [-0.39, 0.29) is 47.7 Å². The summed E-state index contributed by atoms with van der Waals surface area (Å²) in [4.78, 5) is 14.8. The molecule has 0 saturated carbocycles. The number of rotatable bonds is 7. The van der Waals surface area contributed by atoms with Crippen molar-refractivity contribution in [2.45, 2.75) is 18.9 Å². The number of carboxylic acid groups (broad SMARTS) is 1. The van der Waals surface area contributed by atoms with Crippen LogP contribution in [0, 0.1) is 11.6 Å². The number of halogens is 4. The Morgan fingerprint density at radius 1 is 1.17 bits per heavy atom. The fourth-order valence-corrected chi connectivity index (χ4v) is 2.99. The van der Waals surface area contributed by atoms with Gasteiger partial charge in [0.1, 0.15) is 11.6 Å². The summed E-state index contributed by atoms with van der Waals surface area (Å²) < 4.78 is 33.2. The minimum atomic E-state index is -1.04. The van der Waals surface area contributed by atoms with E-state index in [0.29, 0.717) is 16.7 Å². The molecule has 0 aliphatic heterocycles. The van der Waals surface area contributed by atoms with E-state index in [9.17, 15) is 13.6 Å². The summed E-state index contributed by atoms with van der Waals surface area (Å²) in [5.41, 5.74) is 7.77. The lowest BCUT2D eigenvalue weighted by Crippen LogP contribution is -2.26. The van der Waals surface area contributed by atoms with Crippen molar-refractivity contribution in [1.29, 1.82) is 0 Å². The summed E-state index contributed by atoms with van der Waals surface area (Å²) in [5.74, 6) is -2.18. The van der Waals surface area contributed by atoms with Crippen molar-refractivity contribution in [3.05, 3.63) is 76.9 Å². The molecule has 1 atom stereocenters. The Balaban J connectivity index is 0.00000320. The van der Waals surface area contributed by atoms with Crippen molar-refractivity contribution in [2.75, 3.05) is 0 Å². The summed E-state index contributed by atoms with van der Waals surface area (Å²) in [6.45, 7) is 0. The van der Waals surface area contributed by atoms with Gasteiger partial charge in [0.25, 0.3) is 5.88 Å². The van der Waals surface area contributed by atoms with E-state index in [1.54, 1.807) is 30.3 Å². The van der Waals surface area contributed by atoms with Gasteiger partial charge in [-0.15, -0.1) is 12.4 Å². The number of ether oxygens (including phenoxy) is 1. The standard InChI is InChI=1S/C21H17ClF2N2O3.ClH/c22-15-9-18(24)21(26-11-15)29-19-5-4-13(12-2-1-3-16(23)7-12)6-14(19)8-17(25)10-20(27)28;/h1-7,9,11,17H,8,10,25H2,(H,27,28);1H. The third kappa shape index (κ3) is 6.13. The molecule has 1 unspecified atom stereocenters. The molecule has 0 radical (unpaired) electrons. The molecule has 2 aromatic carbocycles. The minimum absolute atomic E-state index is 0. The van der Waals surface area contributed by atoms with Crippen LogP contribution in [0.2, 0.25) is 5.02 Å². The highest BCUT2D eigenvalue weighted by molar-refractivity contribution is 6.30. The molecule has 0 amide bonds. The SMILES string of the molecule is Cl.NC(CC(=O)O)Cc1cc(-c2cccc(F)c2)ccc1Oc1ncc(Cl)cc1F. The molecular weight excluding hydrogens is 437 g/mol. The zero-order chi connectivity index (χ0) is 21.0. The van der Waals surface area contributed by atoms with E-state index in [4.69, 9.17) is 27.2 Å². The van der Waals surface area contributed by atoms with Crippen LogP contribution in [0.3, 0.4) is 0 Å². The number of carboxylic acids is 1. The summed E-state index contributed by atoms with van der Waals surface area (Å²) in [6, 6.07) is 11.4. The third-order valence-corrected chi connectivity index (χ3v) is 4.32. The van der Waals surface area contributed by atoms with E-state index in [1.165, 1.54) is 18.3 Å². The Morgan fingerprint density at radius 3 is 2.57 bits per heavy atom. The van der Waals surface area contributed by atoms with E-state index in [2.05, 4.69) is 4.98 Å². The molecule has 0 spiro atoms.